The summed E-state index contributed by atoms with van der Waals surface area (Å²) < 4.78 is 18.8. The smallest absolute Gasteiger partial charge is 0.224 e. The standard InChI is InChI=1S/C22H28FN3O2/c1-16(21(24)18-5-3-2-4-6-18)22(27)25-15-20(26-11-13-28-14-12-26)17-7-9-19(23)10-8-17/h2-10,16,20-21H,11-15,24H2,1H3,(H,25,27). The van der Waals surface area contributed by atoms with E-state index in [0.717, 1.165) is 24.2 Å². The van der Waals surface area contributed by atoms with Crippen LogP contribution in [0.2, 0.25) is 0 Å². The zero-order chi connectivity index (χ0) is 19.9. The lowest BCUT2D eigenvalue weighted by molar-refractivity contribution is -0.125. The Kier molecular flexibility index (Phi) is 7.14. The van der Waals surface area contributed by atoms with Crippen molar-refractivity contribution < 1.29 is 13.9 Å². The lowest BCUT2D eigenvalue weighted by atomic mass is 9.94. The number of nitrogens with zero attached hydrogens (tertiary/aromatic N) is 1. The third kappa shape index (κ3) is 5.16. The molecular formula is C22H28FN3O2. The van der Waals surface area contributed by atoms with Crippen molar-refractivity contribution in [3.8, 4) is 0 Å². The lowest BCUT2D eigenvalue weighted by Crippen LogP contribution is -2.45. The number of morpholine rings is 1. The summed E-state index contributed by atoms with van der Waals surface area (Å²) in [5, 5.41) is 3.05. The summed E-state index contributed by atoms with van der Waals surface area (Å²) in [7, 11) is 0. The van der Waals surface area contributed by atoms with Crippen molar-refractivity contribution in [3.05, 3.63) is 71.5 Å². The lowest BCUT2D eigenvalue weighted by Gasteiger charge is -2.35. The second-order valence-corrected chi connectivity index (χ2v) is 7.19. The molecule has 150 valence electrons. The van der Waals surface area contributed by atoms with Gasteiger partial charge in [0.1, 0.15) is 5.82 Å². The molecule has 3 N–H and O–H groups in total. The monoisotopic (exact) mass is 385 g/mol. The van der Waals surface area contributed by atoms with Crippen LogP contribution in [-0.2, 0) is 9.53 Å². The van der Waals surface area contributed by atoms with Crippen molar-refractivity contribution in [3.63, 3.8) is 0 Å². The van der Waals surface area contributed by atoms with Crippen molar-refractivity contribution in [1.29, 1.82) is 0 Å². The Hall–Kier alpha value is -2.28. The van der Waals surface area contributed by atoms with Gasteiger partial charge in [0.2, 0.25) is 5.91 Å². The van der Waals surface area contributed by atoms with Gasteiger partial charge in [0.05, 0.1) is 25.2 Å². The number of nitrogens with two attached hydrogens (primary N) is 1. The van der Waals surface area contributed by atoms with Gasteiger partial charge in [-0.1, -0.05) is 49.4 Å². The fraction of sp³-hybridized carbons (Fsp3) is 0.409. The molecule has 2 aromatic carbocycles. The number of hydrogen-bond donors (Lipinski definition) is 2. The molecule has 1 saturated heterocycles. The zero-order valence-electron chi connectivity index (χ0n) is 16.2. The number of carbonyl (C=O) groups is 1. The molecule has 1 aliphatic rings. The van der Waals surface area contributed by atoms with Gasteiger partial charge >= 0.3 is 0 Å². The maximum Gasteiger partial charge on any atom is 0.224 e. The van der Waals surface area contributed by atoms with Crippen LogP contribution in [0.1, 0.15) is 30.1 Å². The number of amides is 1. The number of halogens is 1. The van der Waals surface area contributed by atoms with E-state index in [1.54, 1.807) is 12.1 Å². The van der Waals surface area contributed by atoms with E-state index < -0.39 is 0 Å². The largest absolute Gasteiger partial charge is 0.379 e. The topological polar surface area (TPSA) is 67.6 Å². The minimum Gasteiger partial charge on any atom is -0.379 e. The predicted octanol–water partition coefficient (Wildman–Crippen LogP) is 2.65. The third-order valence-electron chi connectivity index (χ3n) is 5.35. The average Bonchev–Trinajstić information content (AvgIpc) is 2.75. The van der Waals surface area contributed by atoms with Crippen LogP contribution in [-0.4, -0.2) is 43.7 Å². The molecule has 1 fully saturated rings. The first-order valence-electron chi connectivity index (χ1n) is 9.72. The quantitative estimate of drug-likeness (QED) is 0.769. The summed E-state index contributed by atoms with van der Waals surface area (Å²) in [4.78, 5) is 15.0. The van der Waals surface area contributed by atoms with Gasteiger partial charge in [-0.2, -0.15) is 0 Å². The Morgan fingerprint density at radius 3 is 2.39 bits per heavy atom. The Labute approximate surface area is 165 Å². The summed E-state index contributed by atoms with van der Waals surface area (Å²) in [6.07, 6.45) is 0. The van der Waals surface area contributed by atoms with Gasteiger partial charge in [-0.05, 0) is 23.3 Å². The van der Waals surface area contributed by atoms with Gasteiger partial charge in [0.15, 0.2) is 0 Å². The van der Waals surface area contributed by atoms with E-state index in [0.29, 0.717) is 19.8 Å². The highest BCUT2D eigenvalue weighted by molar-refractivity contribution is 5.79. The molecule has 0 radical (unpaired) electrons. The van der Waals surface area contributed by atoms with Crippen LogP contribution in [0.3, 0.4) is 0 Å². The number of nitrogens with one attached hydrogen (secondary N) is 1. The van der Waals surface area contributed by atoms with Gasteiger partial charge in [-0.3, -0.25) is 9.69 Å². The minimum absolute atomic E-state index is 0.0337. The van der Waals surface area contributed by atoms with Gasteiger partial charge < -0.3 is 15.8 Å². The average molecular weight is 385 g/mol. The summed E-state index contributed by atoms with van der Waals surface area (Å²) in [6, 6.07) is 15.7. The molecule has 2 aromatic rings. The fourth-order valence-electron chi connectivity index (χ4n) is 3.52. The van der Waals surface area contributed by atoms with E-state index in [4.69, 9.17) is 10.5 Å². The first-order valence-corrected chi connectivity index (χ1v) is 9.72. The third-order valence-corrected chi connectivity index (χ3v) is 5.35. The minimum atomic E-state index is -0.367. The predicted molar refractivity (Wildman–Crippen MR) is 107 cm³/mol. The molecule has 5 nitrogen and oxygen atoms in total. The highest BCUT2D eigenvalue weighted by atomic mass is 19.1. The number of benzene rings is 2. The molecule has 0 saturated carbocycles. The second-order valence-electron chi connectivity index (χ2n) is 7.19. The van der Waals surface area contributed by atoms with Gasteiger partial charge in [-0.15, -0.1) is 0 Å². The van der Waals surface area contributed by atoms with Gasteiger partial charge in [0, 0.05) is 25.7 Å². The summed E-state index contributed by atoms with van der Waals surface area (Å²) in [5.74, 6) is -0.714. The maximum absolute atomic E-state index is 13.3. The van der Waals surface area contributed by atoms with Crippen molar-refractivity contribution >= 4 is 5.91 Å². The number of hydrogen-bond acceptors (Lipinski definition) is 4. The molecular weight excluding hydrogens is 357 g/mol. The Bertz CT molecular complexity index is 748. The first kappa shape index (κ1) is 20.5. The Balaban J connectivity index is 1.66. The summed E-state index contributed by atoms with van der Waals surface area (Å²) in [5.41, 5.74) is 8.20. The SMILES string of the molecule is CC(C(=O)NCC(c1ccc(F)cc1)N1CCOCC1)C(N)c1ccccc1. The van der Waals surface area contributed by atoms with E-state index in [2.05, 4.69) is 10.2 Å². The van der Waals surface area contributed by atoms with Gasteiger partial charge in [0.25, 0.3) is 0 Å². The molecule has 1 heterocycles. The molecule has 6 heteroatoms. The Morgan fingerprint density at radius 1 is 1.11 bits per heavy atom. The summed E-state index contributed by atoms with van der Waals surface area (Å²) >= 11 is 0. The molecule has 0 bridgehead atoms. The van der Waals surface area contributed by atoms with E-state index in [1.165, 1.54) is 12.1 Å². The van der Waals surface area contributed by atoms with E-state index >= 15 is 0 Å². The van der Waals surface area contributed by atoms with E-state index in [1.807, 2.05) is 37.3 Å². The molecule has 1 amide bonds. The molecule has 0 spiro atoms. The molecule has 3 rings (SSSR count). The zero-order valence-corrected chi connectivity index (χ0v) is 16.2. The van der Waals surface area contributed by atoms with Crippen LogP contribution >= 0.6 is 0 Å². The van der Waals surface area contributed by atoms with E-state index in [-0.39, 0.29) is 29.7 Å². The highest BCUT2D eigenvalue weighted by Crippen LogP contribution is 2.23. The van der Waals surface area contributed by atoms with Crippen LogP contribution in [0, 0.1) is 11.7 Å². The number of ether oxygens (including phenoxy) is 1. The van der Waals surface area contributed by atoms with Crippen molar-refractivity contribution in [2.75, 3.05) is 32.8 Å². The molecule has 28 heavy (non-hydrogen) atoms. The molecule has 0 aromatic heterocycles. The molecule has 3 unspecified atom stereocenters. The van der Waals surface area contributed by atoms with Crippen LogP contribution in [0.5, 0.6) is 0 Å². The maximum atomic E-state index is 13.3. The number of carbonyl (C=O) groups excluding carboxylic acids is 1. The first-order chi connectivity index (χ1) is 13.6. The number of rotatable bonds is 7. The van der Waals surface area contributed by atoms with Crippen LogP contribution in [0.25, 0.3) is 0 Å². The highest BCUT2D eigenvalue weighted by Gasteiger charge is 2.26. The van der Waals surface area contributed by atoms with Crippen LogP contribution < -0.4 is 11.1 Å². The second kappa shape index (κ2) is 9.78. The normalized spacial score (nSPS) is 18.2. The van der Waals surface area contributed by atoms with Crippen molar-refractivity contribution in [2.45, 2.75) is 19.0 Å². The van der Waals surface area contributed by atoms with Gasteiger partial charge in [-0.25, -0.2) is 4.39 Å². The van der Waals surface area contributed by atoms with Crippen LogP contribution in [0.4, 0.5) is 4.39 Å². The van der Waals surface area contributed by atoms with Crippen LogP contribution in [0.15, 0.2) is 54.6 Å². The van der Waals surface area contributed by atoms with Crippen molar-refractivity contribution in [1.82, 2.24) is 10.2 Å². The summed E-state index contributed by atoms with van der Waals surface area (Å²) in [6.45, 7) is 5.14. The molecule has 3 atom stereocenters. The Morgan fingerprint density at radius 2 is 1.75 bits per heavy atom. The van der Waals surface area contributed by atoms with E-state index in [9.17, 15) is 9.18 Å². The fourth-order valence-corrected chi connectivity index (χ4v) is 3.52. The molecule has 0 aliphatic carbocycles. The van der Waals surface area contributed by atoms with Crippen molar-refractivity contribution in [2.24, 2.45) is 11.7 Å². The molecule has 1 aliphatic heterocycles.